The third kappa shape index (κ3) is 1.60. The van der Waals surface area contributed by atoms with Gasteiger partial charge in [0.2, 0.25) is 5.95 Å². The number of nitrogens with zero attached hydrogens (tertiary/aromatic N) is 4. The molecule has 84 valence electrons. The van der Waals surface area contributed by atoms with Crippen molar-refractivity contribution in [3.05, 3.63) is 22.2 Å². The molecule has 0 atom stereocenters. The molecular formula is C8H9N5O3. The van der Waals surface area contributed by atoms with E-state index in [1.165, 1.54) is 16.8 Å². The Kier molecular flexibility index (Phi) is 2.31. The summed E-state index contributed by atoms with van der Waals surface area (Å²) in [6.45, 7) is 0. The van der Waals surface area contributed by atoms with E-state index in [0.29, 0.717) is 17.5 Å². The van der Waals surface area contributed by atoms with Crippen molar-refractivity contribution in [1.29, 1.82) is 0 Å². The van der Waals surface area contributed by atoms with Gasteiger partial charge in [0.05, 0.1) is 6.07 Å². The smallest absolute Gasteiger partial charge is 0.397 e. The highest BCUT2D eigenvalue weighted by molar-refractivity contribution is 5.51. The van der Waals surface area contributed by atoms with Gasteiger partial charge < -0.3 is 9.73 Å². The molecule has 0 saturated heterocycles. The van der Waals surface area contributed by atoms with Crippen LogP contribution >= 0.6 is 0 Å². The molecule has 0 aliphatic heterocycles. The van der Waals surface area contributed by atoms with Gasteiger partial charge in [0, 0.05) is 14.1 Å². The van der Waals surface area contributed by atoms with Crippen LogP contribution in [0.2, 0.25) is 0 Å². The van der Waals surface area contributed by atoms with Crippen LogP contribution in [-0.4, -0.2) is 26.7 Å². The first kappa shape index (κ1) is 10.1. The second-order valence-electron chi connectivity index (χ2n) is 3.03. The van der Waals surface area contributed by atoms with E-state index in [0.717, 1.165) is 0 Å². The highest BCUT2D eigenvalue weighted by atomic mass is 16.6. The van der Waals surface area contributed by atoms with Crippen LogP contribution in [0, 0.1) is 10.1 Å². The van der Waals surface area contributed by atoms with Gasteiger partial charge in [-0.1, -0.05) is 0 Å². The van der Waals surface area contributed by atoms with Crippen LogP contribution in [0.4, 0.5) is 11.8 Å². The first-order valence-electron chi connectivity index (χ1n) is 4.45. The van der Waals surface area contributed by atoms with Gasteiger partial charge in [0.1, 0.15) is 4.92 Å². The standard InChI is InChI=1S/C8H9N5O3/c1-9-8-10-7(12(2)11-8)5-3-4-6(16-5)13(14)15/h3-4H,1-2H3,(H,9,11). The Morgan fingerprint density at radius 1 is 1.56 bits per heavy atom. The summed E-state index contributed by atoms with van der Waals surface area (Å²) in [5, 5.41) is 17.2. The van der Waals surface area contributed by atoms with Crippen LogP contribution in [0.25, 0.3) is 11.6 Å². The molecule has 0 spiro atoms. The summed E-state index contributed by atoms with van der Waals surface area (Å²) >= 11 is 0. The van der Waals surface area contributed by atoms with E-state index in [-0.39, 0.29) is 5.88 Å². The van der Waals surface area contributed by atoms with Crippen molar-refractivity contribution in [2.24, 2.45) is 7.05 Å². The van der Waals surface area contributed by atoms with Crippen LogP contribution in [0.1, 0.15) is 0 Å². The third-order valence-electron chi connectivity index (χ3n) is 1.98. The second-order valence-corrected chi connectivity index (χ2v) is 3.03. The normalized spacial score (nSPS) is 10.4. The number of aryl methyl sites for hydroxylation is 1. The minimum atomic E-state index is -0.598. The molecule has 0 saturated carbocycles. The Morgan fingerprint density at radius 3 is 2.81 bits per heavy atom. The molecule has 0 bridgehead atoms. The van der Waals surface area contributed by atoms with E-state index in [9.17, 15) is 10.1 Å². The minimum absolute atomic E-state index is 0.309. The third-order valence-corrected chi connectivity index (χ3v) is 1.98. The van der Waals surface area contributed by atoms with Gasteiger partial charge in [-0.3, -0.25) is 10.1 Å². The molecule has 0 aliphatic carbocycles. The van der Waals surface area contributed by atoms with E-state index in [1.807, 2.05) is 0 Å². The van der Waals surface area contributed by atoms with Crippen LogP contribution in [-0.2, 0) is 7.05 Å². The van der Waals surface area contributed by atoms with Gasteiger partial charge >= 0.3 is 5.88 Å². The predicted octanol–water partition coefficient (Wildman–Crippen LogP) is 1.02. The lowest BCUT2D eigenvalue weighted by Crippen LogP contribution is -1.94. The van der Waals surface area contributed by atoms with Crippen molar-refractivity contribution < 1.29 is 9.34 Å². The molecule has 8 heteroatoms. The fraction of sp³-hybridized carbons (Fsp3) is 0.250. The molecule has 0 radical (unpaired) electrons. The molecule has 2 heterocycles. The first-order valence-corrected chi connectivity index (χ1v) is 4.45. The molecule has 0 aromatic carbocycles. The van der Waals surface area contributed by atoms with Crippen LogP contribution in [0.15, 0.2) is 16.5 Å². The van der Waals surface area contributed by atoms with Crippen LogP contribution in [0.5, 0.6) is 0 Å². The van der Waals surface area contributed by atoms with E-state index < -0.39 is 4.92 Å². The fourth-order valence-corrected chi connectivity index (χ4v) is 1.25. The SMILES string of the molecule is CNc1nc(-c2ccc([N+](=O)[O-])o2)n(C)n1. The molecule has 2 rings (SSSR count). The maximum Gasteiger partial charge on any atom is 0.433 e. The van der Waals surface area contributed by atoms with Crippen molar-refractivity contribution in [2.45, 2.75) is 0 Å². The first-order chi connectivity index (χ1) is 7.61. The number of anilines is 1. The predicted molar refractivity (Wildman–Crippen MR) is 54.9 cm³/mol. The van der Waals surface area contributed by atoms with Gasteiger partial charge in [0.15, 0.2) is 11.6 Å². The van der Waals surface area contributed by atoms with Crippen molar-refractivity contribution in [3.63, 3.8) is 0 Å². The maximum atomic E-state index is 10.4. The van der Waals surface area contributed by atoms with Crippen molar-refractivity contribution >= 4 is 11.8 Å². The zero-order valence-corrected chi connectivity index (χ0v) is 8.67. The number of furan rings is 1. The maximum absolute atomic E-state index is 10.4. The van der Waals surface area contributed by atoms with E-state index >= 15 is 0 Å². The van der Waals surface area contributed by atoms with Gasteiger partial charge in [-0.05, 0) is 6.07 Å². The molecule has 16 heavy (non-hydrogen) atoms. The molecule has 1 N–H and O–H groups in total. The highest BCUT2D eigenvalue weighted by Crippen LogP contribution is 2.24. The lowest BCUT2D eigenvalue weighted by Gasteiger charge is -1.92. The number of aromatic nitrogens is 3. The van der Waals surface area contributed by atoms with E-state index in [4.69, 9.17) is 4.42 Å². The zero-order chi connectivity index (χ0) is 11.7. The summed E-state index contributed by atoms with van der Waals surface area (Å²) in [5.74, 6) is 0.848. The topological polar surface area (TPSA) is 99.0 Å². The summed E-state index contributed by atoms with van der Waals surface area (Å²) in [4.78, 5) is 13.9. The van der Waals surface area contributed by atoms with Gasteiger partial charge in [-0.15, -0.1) is 5.10 Å². The summed E-state index contributed by atoms with van der Waals surface area (Å²) in [6.07, 6.45) is 0. The average molecular weight is 223 g/mol. The summed E-state index contributed by atoms with van der Waals surface area (Å²) in [7, 11) is 3.36. The largest absolute Gasteiger partial charge is 0.433 e. The van der Waals surface area contributed by atoms with Gasteiger partial charge in [-0.25, -0.2) is 4.68 Å². The highest BCUT2D eigenvalue weighted by Gasteiger charge is 2.17. The Labute approximate surface area is 90.0 Å². The van der Waals surface area contributed by atoms with Crippen molar-refractivity contribution in [1.82, 2.24) is 14.8 Å². The van der Waals surface area contributed by atoms with Crippen LogP contribution < -0.4 is 5.32 Å². The molecule has 0 amide bonds. The van der Waals surface area contributed by atoms with Crippen molar-refractivity contribution in [3.8, 4) is 11.6 Å². The monoisotopic (exact) mass is 223 g/mol. The average Bonchev–Trinajstić information content (AvgIpc) is 2.83. The number of hydrogen-bond donors (Lipinski definition) is 1. The quantitative estimate of drug-likeness (QED) is 0.616. The Hall–Kier alpha value is -2.38. The summed E-state index contributed by atoms with van der Waals surface area (Å²) in [6, 6.07) is 2.77. The lowest BCUT2D eigenvalue weighted by molar-refractivity contribution is -0.401. The summed E-state index contributed by atoms with van der Waals surface area (Å²) < 4.78 is 6.50. The number of nitrogens with one attached hydrogen (secondary N) is 1. The van der Waals surface area contributed by atoms with Crippen molar-refractivity contribution in [2.75, 3.05) is 12.4 Å². The molecule has 0 unspecified atom stereocenters. The lowest BCUT2D eigenvalue weighted by atomic mass is 10.4. The Balaban J connectivity index is 2.41. The molecule has 2 aromatic heterocycles. The summed E-state index contributed by atoms with van der Waals surface area (Å²) in [5.41, 5.74) is 0. The van der Waals surface area contributed by atoms with Gasteiger partial charge in [0.25, 0.3) is 0 Å². The fourth-order valence-electron chi connectivity index (χ4n) is 1.25. The van der Waals surface area contributed by atoms with Crippen LogP contribution in [0.3, 0.4) is 0 Å². The molecular weight excluding hydrogens is 214 g/mol. The zero-order valence-electron chi connectivity index (χ0n) is 8.67. The Bertz CT molecular complexity index is 530. The van der Waals surface area contributed by atoms with E-state index in [2.05, 4.69) is 15.4 Å². The molecule has 0 aliphatic rings. The molecule has 2 aromatic rings. The molecule has 8 nitrogen and oxygen atoms in total. The number of hydrogen-bond acceptors (Lipinski definition) is 6. The van der Waals surface area contributed by atoms with Gasteiger partial charge in [-0.2, -0.15) is 4.98 Å². The Morgan fingerprint density at radius 2 is 2.31 bits per heavy atom. The number of nitro groups is 1. The second kappa shape index (κ2) is 3.65. The van der Waals surface area contributed by atoms with E-state index in [1.54, 1.807) is 14.1 Å². The molecule has 0 fully saturated rings. The number of rotatable bonds is 3. The minimum Gasteiger partial charge on any atom is -0.397 e.